The van der Waals surface area contributed by atoms with Crippen molar-refractivity contribution in [3.63, 3.8) is 0 Å². The van der Waals surface area contributed by atoms with Crippen LogP contribution in [-0.2, 0) is 0 Å². The summed E-state index contributed by atoms with van der Waals surface area (Å²) in [6.07, 6.45) is 2.22. The summed E-state index contributed by atoms with van der Waals surface area (Å²) in [5.41, 5.74) is 4.90. The maximum absolute atomic E-state index is 6.15. The highest BCUT2D eigenvalue weighted by Crippen LogP contribution is 2.40. The molecule has 0 radical (unpaired) electrons. The fourth-order valence-corrected chi connectivity index (χ4v) is 3.03. The molecule has 0 aromatic heterocycles. The summed E-state index contributed by atoms with van der Waals surface area (Å²) in [5.74, 6) is 2.09. The van der Waals surface area contributed by atoms with Gasteiger partial charge in [-0.1, -0.05) is 78.4 Å². The molecule has 0 aliphatic carbocycles. The first kappa shape index (κ1) is 13.8. The summed E-state index contributed by atoms with van der Waals surface area (Å²) in [6, 6.07) is 27.3. The van der Waals surface area contributed by atoms with Crippen molar-refractivity contribution in [1.82, 2.24) is 0 Å². The molecule has 0 fully saturated rings. The van der Waals surface area contributed by atoms with Gasteiger partial charge in [-0.05, 0) is 24.6 Å². The highest BCUT2D eigenvalue weighted by Gasteiger charge is 2.23. The molecule has 4 rings (SSSR count). The van der Waals surface area contributed by atoms with Crippen molar-refractivity contribution in [3.05, 3.63) is 107 Å². The van der Waals surface area contributed by atoms with Crippen LogP contribution in [0.5, 0.6) is 5.75 Å². The van der Waals surface area contributed by atoms with Gasteiger partial charge >= 0.3 is 0 Å². The minimum atomic E-state index is 0.218. The minimum absolute atomic E-state index is 0.218. The Kier molecular flexibility index (Phi) is 3.47. The van der Waals surface area contributed by atoms with E-state index in [4.69, 9.17) is 4.74 Å². The summed E-state index contributed by atoms with van der Waals surface area (Å²) in [5, 5.41) is 0. The molecule has 23 heavy (non-hydrogen) atoms. The molecule has 0 saturated carbocycles. The molecular weight excluding hydrogens is 280 g/mol. The van der Waals surface area contributed by atoms with Crippen LogP contribution >= 0.6 is 0 Å². The molecule has 1 nitrogen and oxygen atoms in total. The van der Waals surface area contributed by atoms with Crippen LogP contribution in [0.3, 0.4) is 0 Å². The highest BCUT2D eigenvalue weighted by atomic mass is 16.5. The third-order valence-corrected chi connectivity index (χ3v) is 4.29. The van der Waals surface area contributed by atoms with E-state index in [2.05, 4.69) is 61.5 Å². The Labute approximate surface area is 136 Å². The summed E-state index contributed by atoms with van der Waals surface area (Å²) in [4.78, 5) is 0. The van der Waals surface area contributed by atoms with Gasteiger partial charge in [-0.25, -0.2) is 0 Å². The lowest BCUT2D eigenvalue weighted by Gasteiger charge is -2.25. The number of allylic oxidation sites excluding steroid dienone is 1. The molecule has 3 aromatic carbocycles. The largest absolute Gasteiger partial charge is 0.457 e. The lowest BCUT2D eigenvalue weighted by atomic mass is 9.87. The number of ether oxygens (including phenoxy) is 1. The van der Waals surface area contributed by atoms with Crippen LogP contribution < -0.4 is 4.74 Å². The van der Waals surface area contributed by atoms with Crippen molar-refractivity contribution in [3.8, 4) is 5.75 Å². The van der Waals surface area contributed by atoms with Gasteiger partial charge in [-0.15, -0.1) is 0 Å². The standard InChI is InChI=1S/C22H18O/c1-16-11-13-17(14-12-16)20-15-22(18-7-3-2-4-8-18)23-21-10-6-5-9-19(20)21/h2-15,20H,1H3/t20-/m0/s1. The fourth-order valence-electron chi connectivity index (χ4n) is 3.03. The second-order valence-electron chi connectivity index (χ2n) is 5.93. The monoisotopic (exact) mass is 298 g/mol. The van der Waals surface area contributed by atoms with E-state index in [9.17, 15) is 0 Å². The number of fused-ring (bicyclic) bond motifs is 1. The molecule has 0 bridgehead atoms. The molecule has 0 amide bonds. The molecule has 3 aromatic rings. The van der Waals surface area contributed by atoms with E-state index < -0.39 is 0 Å². The van der Waals surface area contributed by atoms with Crippen LogP contribution in [0.15, 0.2) is 84.9 Å². The smallest absolute Gasteiger partial charge is 0.131 e. The van der Waals surface area contributed by atoms with E-state index in [-0.39, 0.29) is 5.92 Å². The van der Waals surface area contributed by atoms with E-state index >= 15 is 0 Å². The Bertz CT molecular complexity index is 845. The molecule has 1 heterocycles. The van der Waals surface area contributed by atoms with Gasteiger partial charge in [-0.2, -0.15) is 0 Å². The Hall–Kier alpha value is -2.80. The molecule has 0 spiro atoms. The SMILES string of the molecule is Cc1ccc([C@@H]2C=C(c3ccccc3)Oc3ccccc32)cc1. The molecule has 1 aliphatic rings. The third-order valence-electron chi connectivity index (χ3n) is 4.29. The molecule has 112 valence electrons. The molecule has 1 atom stereocenters. The number of aryl methyl sites for hydroxylation is 1. The summed E-state index contributed by atoms with van der Waals surface area (Å²) in [6.45, 7) is 2.12. The molecule has 0 saturated heterocycles. The lowest BCUT2D eigenvalue weighted by molar-refractivity contribution is 0.492. The molecule has 0 N–H and O–H groups in total. The summed E-state index contributed by atoms with van der Waals surface area (Å²) in [7, 11) is 0. The van der Waals surface area contributed by atoms with E-state index in [1.165, 1.54) is 16.7 Å². The van der Waals surface area contributed by atoms with Crippen LogP contribution in [0, 0.1) is 6.92 Å². The van der Waals surface area contributed by atoms with Crippen LogP contribution in [0.25, 0.3) is 5.76 Å². The first-order chi connectivity index (χ1) is 11.3. The zero-order valence-corrected chi connectivity index (χ0v) is 13.1. The fraction of sp³-hybridized carbons (Fsp3) is 0.0909. The van der Waals surface area contributed by atoms with Gasteiger partial charge in [0.15, 0.2) is 0 Å². The maximum atomic E-state index is 6.15. The van der Waals surface area contributed by atoms with Crippen molar-refractivity contribution in [2.75, 3.05) is 0 Å². The number of para-hydroxylation sites is 1. The van der Waals surface area contributed by atoms with E-state index in [1.54, 1.807) is 0 Å². The summed E-state index contributed by atoms with van der Waals surface area (Å²) < 4.78 is 6.15. The number of rotatable bonds is 2. The Morgan fingerprint density at radius 3 is 2.22 bits per heavy atom. The van der Waals surface area contributed by atoms with Gasteiger partial charge in [0.25, 0.3) is 0 Å². The average molecular weight is 298 g/mol. The predicted molar refractivity (Wildman–Crippen MR) is 94.5 cm³/mol. The van der Waals surface area contributed by atoms with Gasteiger partial charge in [0.2, 0.25) is 0 Å². The van der Waals surface area contributed by atoms with Gasteiger partial charge in [0.05, 0.1) is 0 Å². The van der Waals surface area contributed by atoms with Gasteiger partial charge in [0.1, 0.15) is 11.5 Å². The van der Waals surface area contributed by atoms with E-state index in [0.29, 0.717) is 0 Å². The number of hydrogen-bond donors (Lipinski definition) is 0. The molecule has 1 aliphatic heterocycles. The van der Waals surface area contributed by atoms with Gasteiger partial charge in [-0.3, -0.25) is 0 Å². The average Bonchev–Trinajstić information content (AvgIpc) is 2.62. The van der Waals surface area contributed by atoms with Gasteiger partial charge < -0.3 is 4.74 Å². The Morgan fingerprint density at radius 1 is 0.739 bits per heavy atom. The molecular formula is C22H18O. The minimum Gasteiger partial charge on any atom is -0.457 e. The summed E-state index contributed by atoms with van der Waals surface area (Å²) >= 11 is 0. The van der Waals surface area contributed by atoms with Crippen LogP contribution in [0.1, 0.15) is 28.2 Å². The topological polar surface area (TPSA) is 9.23 Å². The first-order valence-electron chi connectivity index (χ1n) is 7.92. The zero-order chi connectivity index (χ0) is 15.6. The number of benzene rings is 3. The van der Waals surface area contributed by atoms with Crippen molar-refractivity contribution < 1.29 is 4.74 Å². The van der Waals surface area contributed by atoms with Crippen LogP contribution in [0.4, 0.5) is 0 Å². The second kappa shape index (κ2) is 5.77. The zero-order valence-electron chi connectivity index (χ0n) is 13.1. The van der Waals surface area contributed by atoms with Crippen molar-refractivity contribution in [1.29, 1.82) is 0 Å². The first-order valence-corrected chi connectivity index (χ1v) is 7.92. The van der Waals surface area contributed by atoms with Crippen LogP contribution in [-0.4, -0.2) is 0 Å². The van der Waals surface area contributed by atoms with Gasteiger partial charge in [0, 0.05) is 17.0 Å². The highest BCUT2D eigenvalue weighted by molar-refractivity contribution is 5.68. The second-order valence-corrected chi connectivity index (χ2v) is 5.93. The number of hydrogen-bond acceptors (Lipinski definition) is 1. The maximum Gasteiger partial charge on any atom is 0.131 e. The van der Waals surface area contributed by atoms with E-state index in [1.807, 2.05) is 30.3 Å². The quantitative estimate of drug-likeness (QED) is 0.602. The third kappa shape index (κ3) is 2.66. The normalized spacial score (nSPS) is 16.2. The van der Waals surface area contributed by atoms with E-state index in [0.717, 1.165) is 17.1 Å². The van der Waals surface area contributed by atoms with Crippen LogP contribution in [0.2, 0.25) is 0 Å². The molecule has 1 heteroatoms. The Balaban J connectivity index is 1.84. The molecule has 0 unspecified atom stereocenters. The Morgan fingerprint density at radius 2 is 1.43 bits per heavy atom. The van der Waals surface area contributed by atoms with Crippen molar-refractivity contribution in [2.24, 2.45) is 0 Å². The van der Waals surface area contributed by atoms with Crippen molar-refractivity contribution >= 4 is 5.76 Å². The van der Waals surface area contributed by atoms with Crippen molar-refractivity contribution in [2.45, 2.75) is 12.8 Å². The predicted octanol–water partition coefficient (Wildman–Crippen LogP) is 5.56. The lowest BCUT2D eigenvalue weighted by Crippen LogP contribution is -2.10.